The third kappa shape index (κ3) is 5.53. The van der Waals surface area contributed by atoms with E-state index in [9.17, 15) is 23.2 Å². The Balaban J connectivity index is 3.00. The summed E-state index contributed by atoms with van der Waals surface area (Å²) in [4.78, 5) is 35.9. The van der Waals surface area contributed by atoms with Gasteiger partial charge in [-0.15, -0.1) is 0 Å². The van der Waals surface area contributed by atoms with E-state index in [-0.39, 0.29) is 12.5 Å². The molecule has 1 rings (SSSR count). The Morgan fingerprint density at radius 1 is 1.23 bits per heavy atom. The molecule has 1 aliphatic heterocycles. The lowest BCUT2D eigenvalue weighted by Gasteiger charge is -2.44. The van der Waals surface area contributed by atoms with Crippen molar-refractivity contribution >= 4 is 17.8 Å². The van der Waals surface area contributed by atoms with Crippen LogP contribution in [0.15, 0.2) is 5.11 Å². The lowest BCUT2D eigenvalue weighted by atomic mass is 9.82. The van der Waals surface area contributed by atoms with E-state index in [1.807, 2.05) is 10.2 Å². The number of rotatable bonds is 6. The molecule has 12 heteroatoms. The van der Waals surface area contributed by atoms with Gasteiger partial charge in [0.25, 0.3) is 5.91 Å². The second-order valence-electron chi connectivity index (χ2n) is 5.90. The lowest BCUT2D eigenvalue weighted by molar-refractivity contribution is -0.239. The van der Waals surface area contributed by atoms with Gasteiger partial charge >= 0.3 is 18.0 Å². The van der Waals surface area contributed by atoms with Gasteiger partial charge in [0.15, 0.2) is 0 Å². The minimum atomic E-state index is -4.31. The van der Waals surface area contributed by atoms with E-state index in [1.165, 1.54) is 6.92 Å². The molecule has 1 N–H and O–H groups in total. The van der Waals surface area contributed by atoms with Crippen LogP contribution in [0.2, 0.25) is 0 Å². The number of nitrogens with zero attached hydrogens (tertiary/aromatic N) is 3. The summed E-state index contributed by atoms with van der Waals surface area (Å²) in [6, 6.07) is -5.44. The molecule has 0 saturated carbocycles. The van der Waals surface area contributed by atoms with Crippen LogP contribution in [0.5, 0.6) is 0 Å². The van der Waals surface area contributed by atoms with Crippen LogP contribution in [0.3, 0.4) is 0 Å². The summed E-state index contributed by atoms with van der Waals surface area (Å²) in [6.07, 6.45) is -2.06. The number of amides is 1. The van der Waals surface area contributed by atoms with Crippen LogP contribution in [-0.4, -0.2) is 48.9 Å². The molecule has 0 aliphatic carbocycles. The number of nitrogens with one attached hydrogen (secondary N) is 1. The Morgan fingerprint density at radius 3 is 2.35 bits per heavy atom. The Labute approximate surface area is 147 Å². The standard InChI is InChI=1S/C14H20F2N4O6/c1-6-7(2)11(18-13(23)14(15,16)19-20-17)12(25-9(4)22)26-10(6)5-24-8(3)21/h6-7,10-12H,5H2,1-4H3,(H,18,23)/t6-,7-,10?,11?,12?/m0/s1. The fourth-order valence-electron chi connectivity index (χ4n) is 2.49. The van der Waals surface area contributed by atoms with Crippen LogP contribution in [0.25, 0.3) is 10.4 Å². The second-order valence-corrected chi connectivity index (χ2v) is 5.90. The number of hydrogen-bond acceptors (Lipinski definition) is 7. The van der Waals surface area contributed by atoms with Gasteiger partial charge in [-0.1, -0.05) is 13.8 Å². The van der Waals surface area contributed by atoms with Gasteiger partial charge in [0, 0.05) is 18.8 Å². The van der Waals surface area contributed by atoms with Gasteiger partial charge in [-0.3, -0.25) is 14.4 Å². The van der Waals surface area contributed by atoms with Crippen molar-refractivity contribution in [3.63, 3.8) is 0 Å². The highest BCUT2D eigenvalue weighted by Gasteiger charge is 2.47. The largest absolute Gasteiger partial charge is 0.463 e. The maximum atomic E-state index is 13.4. The first-order valence-corrected chi connectivity index (χ1v) is 7.70. The van der Waals surface area contributed by atoms with Crippen molar-refractivity contribution in [2.45, 2.75) is 52.2 Å². The molecule has 10 nitrogen and oxygen atoms in total. The topological polar surface area (TPSA) is 140 Å². The Kier molecular flexibility index (Phi) is 7.28. The highest BCUT2D eigenvalue weighted by atomic mass is 19.3. The SMILES string of the molecule is CC(=O)OCC1OC(OC(C)=O)C(NC(=O)C(F)(F)N=[N+]=[N-])[C@@H](C)[C@@H]1C. The zero-order chi connectivity index (χ0) is 20.1. The number of hydrogen-bond donors (Lipinski definition) is 1. The van der Waals surface area contributed by atoms with E-state index in [4.69, 9.17) is 19.7 Å². The fourth-order valence-corrected chi connectivity index (χ4v) is 2.49. The van der Waals surface area contributed by atoms with Crippen molar-refractivity contribution in [3.8, 4) is 0 Å². The number of azide groups is 1. The highest BCUT2D eigenvalue weighted by Crippen LogP contribution is 2.32. The third-order valence-corrected chi connectivity index (χ3v) is 4.06. The summed E-state index contributed by atoms with van der Waals surface area (Å²) < 4.78 is 42.3. The van der Waals surface area contributed by atoms with Crippen LogP contribution in [0, 0.1) is 11.8 Å². The predicted molar refractivity (Wildman–Crippen MR) is 81.4 cm³/mol. The van der Waals surface area contributed by atoms with E-state index >= 15 is 0 Å². The molecule has 26 heavy (non-hydrogen) atoms. The van der Waals surface area contributed by atoms with Crippen molar-refractivity contribution in [3.05, 3.63) is 10.4 Å². The summed E-state index contributed by atoms with van der Waals surface area (Å²) in [6.45, 7) is 5.49. The number of esters is 2. The number of carbonyl (C=O) groups excluding carboxylic acids is 3. The van der Waals surface area contributed by atoms with Crippen LogP contribution in [-0.2, 0) is 28.6 Å². The maximum absolute atomic E-state index is 13.4. The van der Waals surface area contributed by atoms with E-state index in [0.29, 0.717) is 0 Å². The van der Waals surface area contributed by atoms with Crippen LogP contribution >= 0.6 is 0 Å². The van der Waals surface area contributed by atoms with Crippen molar-refractivity contribution < 1.29 is 37.4 Å². The van der Waals surface area contributed by atoms with Gasteiger partial charge in [-0.25, -0.2) is 0 Å². The normalized spacial score (nSPS) is 28.5. The monoisotopic (exact) mass is 378 g/mol. The first kappa shape index (κ1) is 21.6. The Hall–Kier alpha value is -2.46. The van der Waals surface area contributed by atoms with Gasteiger partial charge in [0.1, 0.15) is 6.61 Å². The summed E-state index contributed by atoms with van der Waals surface area (Å²) in [7, 11) is 0. The van der Waals surface area contributed by atoms with E-state index in [2.05, 4.69) is 5.11 Å². The molecule has 1 saturated heterocycles. The fraction of sp³-hybridized carbons (Fsp3) is 0.786. The van der Waals surface area contributed by atoms with Gasteiger partial charge in [-0.2, -0.15) is 8.78 Å². The van der Waals surface area contributed by atoms with E-state index in [1.54, 1.807) is 13.8 Å². The van der Waals surface area contributed by atoms with Gasteiger partial charge in [-0.05, 0) is 22.5 Å². The van der Waals surface area contributed by atoms with Crippen molar-refractivity contribution in [2.24, 2.45) is 17.0 Å². The molecular weight excluding hydrogens is 358 g/mol. The minimum Gasteiger partial charge on any atom is -0.463 e. The molecule has 0 aromatic carbocycles. The number of alkyl halides is 2. The first-order chi connectivity index (χ1) is 12.0. The summed E-state index contributed by atoms with van der Waals surface area (Å²) >= 11 is 0. The molecule has 1 aliphatic rings. The third-order valence-electron chi connectivity index (χ3n) is 4.06. The van der Waals surface area contributed by atoms with Gasteiger partial charge in [0.2, 0.25) is 6.29 Å². The second kappa shape index (κ2) is 8.77. The molecule has 146 valence electrons. The van der Waals surface area contributed by atoms with Crippen molar-refractivity contribution in [2.75, 3.05) is 6.61 Å². The zero-order valence-corrected chi connectivity index (χ0v) is 14.6. The van der Waals surface area contributed by atoms with Gasteiger partial charge in [0.05, 0.1) is 12.1 Å². The maximum Gasteiger partial charge on any atom is 0.401 e. The molecule has 0 spiro atoms. The molecular formula is C14H20F2N4O6. The number of halogens is 2. The number of ether oxygens (including phenoxy) is 3. The van der Waals surface area contributed by atoms with E-state index in [0.717, 1.165) is 6.92 Å². The average Bonchev–Trinajstić information content (AvgIpc) is 2.52. The number of carbonyl (C=O) groups is 3. The van der Waals surface area contributed by atoms with Crippen LogP contribution in [0.1, 0.15) is 27.7 Å². The first-order valence-electron chi connectivity index (χ1n) is 7.70. The minimum absolute atomic E-state index is 0.131. The van der Waals surface area contributed by atoms with E-state index < -0.39 is 48.2 Å². The predicted octanol–water partition coefficient (Wildman–Crippen LogP) is 1.50. The molecule has 1 amide bonds. The van der Waals surface area contributed by atoms with Crippen molar-refractivity contribution in [1.29, 1.82) is 0 Å². The zero-order valence-electron chi connectivity index (χ0n) is 14.6. The summed E-state index contributed by atoms with van der Waals surface area (Å²) in [5.74, 6) is -4.00. The summed E-state index contributed by atoms with van der Waals surface area (Å²) in [5.41, 5.74) is 8.12. The van der Waals surface area contributed by atoms with Crippen LogP contribution < -0.4 is 5.32 Å². The molecule has 3 unspecified atom stereocenters. The Morgan fingerprint density at radius 2 is 1.85 bits per heavy atom. The van der Waals surface area contributed by atoms with Crippen LogP contribution in [0.4, 0.5) is 8.78 Å². The quantitative estimate of drug-likeness (QED) is 0.244. The van der Waals surface area contributed by atoms with Crippen molar-refractivity contribution in [1.82, 2.24) is 5.32 Å². The highest BCUT2D eigenvalue weighted by molar-refractivity contribution is 5.83. The molecule has 0 radical (unpaired) electrons. The molecule has 1 heterocycles. The average molecular weight is 378 g/mol. The molecule has 0 aromatic rings. The summed E-state index contributed by atoms with van der Waals surface area (Å²) in [5, 5.41) is 4.15. The molecule has 0 aromatic heterocycles. The molecule has 0 bridgehead atoms. The molecule has 5 atom stereocenters. The lowest BCUT2D eigenvalue weighted by Crippen LogP contribution is -2.60. The van der Waals surface area contributed by atoms with Gasteiger partial charge < -0.3 is 19.5 Å². The molecule has 1 fully saturated rings. The smallest absolute Gasteiger partial charge is 0.401 e. The Bertz CT molecular complexity index is 610.